The predicted molar refractivity (Wildman–Crippen MR) is 109 cm³/mol. The molecular weight excluding hydrogens is 389 g/mol. The Kier molecular flexibility index (Phi) is 6.92. The van der Waals surface area contributed by atoms with Gasteiger partial charge in [0.1, 0.15) is 17.9 Å². The van der Waals surface area contributed by atoms with Gasteiger partial charge in [-0.2, -0.15) is 0 Å². The lowest BCUT2D eigenvalue weighted by atomic mass is 10.0. The maximum Gasteiger partial charge on any atom is 0.328 e. The molecule has 0 saturated carbocycles. The number of likely N-dealkylation sites (tertiary alicyclic amines) is 1. The minimum Gasteiger partial charge on any atom is -0.485 e. The van der Waals surface area contributed by atoms with Crippen molar-refractivity contribution < 1.29 is 28.2 Å². The molecule has 1 aliphatic heterocycles. The second kappa shape index (κ2) is 9.61. The highest BCUT2D eigenvalue weighted by molar-refractivity contribution is 5.86. The van der Waals surface area contributed by atoms with Crippen molar-refractivity contribution >= 4 is 11.9 Å². The van der Waals surface area contributed by atoms with Crippen molar-refractivity contribution in [3.63, 3.8) is 0 Å². The van der Waals surface area contributed by atoms with Crippen LogP contribution < -0.4 is 9.47 Å². The van der Waals surface area contributed by atoms with E-state index in [9.17, 15) is 14.0 Å². The van der Waals surface area contributed by atoms with Gasteiger partial charge in [-0.05, 0) is 35.7 Å². The Balaban J connectivity index is 1.64. The maximum absolute atomic E-state index is 13.9. The van der Waals surface area contributed by atoms with Crippen molar-refractivity contribution in [3.05, 3.63) is 59.9 Å². The van der Waals surface area contributed by atoms with E-state index in [1.54, 1.807) is 12.1 Å². The first kappa shape index (κ1) is 21.6. The van der Waals surface area contributed by atoms with E-state index in [0.29, 0.717) is 11.7 Å². The van der Waals surface area contributed by atoms with Crippen LogP contribution in [-0.2, 0) is 14.3 Å². The lowest BCUT2D eigenvalue weighted by Gasteiger charge is -2.22. The third-order valence-corrected chi connectivity index (χ3v) is 5.10. The molecule has 1 saturated heterocycles. The molecule has 0 radical (unpaired) electrons. The summed E-state index contributed by atoms with van der Waals surface area (Å²) in [6.45, 7) is 4.11. The number of halogens is 1. The van der Waals surface area contributed by atoms with Crippen LogP contribution in [0.25, 0.3) is 0 Å². The van der Waals surface area contributed by atoms with Gasteiger partial charge in [-0.15, -0.1) is 0 Å². The lowest BCUT2D eigenvalue weighted by Crippen LogP contribution is -2.43. The molecule has 2 atom stereocenters. The number of hydrogen-bond donors (Lipinski definition) is 0. The summed E-state index contributed by atoms with van der Waals surface area (Å²) in [5, 5.41) is 0. The van der Waals surface area contributed by atoms with Gasteiger partial charge in [0, 0.05) is 6.42 Å². The number of amides is 1. The molecule has 30 heavy (non-hydrogen) atoms. The second-order valence-corrected chi connectivity index (χ2v) is 7.50. The Morgan fingerprint density at radius 3 is 2.47 bits per heavy atom. The van der Waals surface area contributed by atoms with Crippen LogP contribution in [0.4, 0.5) is 4.39 Å². The van der Waals surface area contributed by atoms with Gasteiger partial charge in [-0.25, -0.2) is 9.18 Å². The first-order valence-corrected chi connectivity index (χ1v) is 9.90. The van der Waals surface area contributed by atoms with E-state index in [2.05, 4.69) is 13.8 Å². The van der Waals surface area contributed by atoms with Crippen LogP contribution in [0.1, 0.15) is 31.7 Å². The number of hydrogen-bond acceptors (Lipinski definition) is 5. The van der Waals surface area contributed by atoms with Crippen LogP contribution in [0.5, 0.6) is 11.5 Å². The average Bonchev–Trinajstić information content (AvgIpc) is 3.17. The van der Waals surface area contributed by atoms with E-state index in [4.69, 9.17) is 14.2 Å². The first-order chi connectivity index (χ1) is 14.4. The SMILES string of the molecule is COC(=O)C1CC(Oc2ccccc2F)CN1C(=O)COc1ccc(C(C)C)cc1. The Morgan fingerprint density at radius 2 is 1.83 bits per heavy atom. The normalized spacial score (nSPS) is 18.4. The molecule has 160 valence electrons. The van der Waals surface area contributed by atoms with E-state index in [0.717, 1.165) is 0 Å². The number of rotatable bonds is 7. The maximum atomic E-state index is 13.9. The van der Waals surface area contributed by atoms with Crippen molar-refractivity contribution in [2.24, 2.45) is 0 Å². The van der Waals surface area contributed by atoms with Gasteiger partial charge in [0.2, 0.25) is 0 Å². The van der Waals surface area contributed by atoms with E-state index in [-0.39, 0.29) is 31.2 Å². The molecule has 0 spiro atoms. The highest BCUT2D eigenvalue weighted by Gasteiger charge is 2.41. The third kappa shape index (κ3) is 5.09. The summed E-state index contributed by atoms with van der Waals surface area (Å²) in [6.07, 6.45) is -0.309. The fourth-order valence-electron chi connectivity index (χ4n) is 3.41. The molecule has 0 aromatic heterocycles. The summed E-state index contributed by atoms with van der Waals surface area (Å²) in [7, 11) is 1.27. The minimum atomic E-state index is -0.800. The zero-order valence-corrected chi connectivity index (χ0v) is 17.3. The average molecular weight is 415 g/mol. The van der Waals surface area contributed by atoms with Crippen molar-refractivity contribution in [2.45, 2.75) is 38.3 Å². The number of benzene rings is 2. The number of carbonyl (C=O) groups is 2. The molecule has 0 aliphatic carbocycles. The van der Waals surface area contributed by atoms with Crippen LogP contribution in [0.2, 0.25) is 0 Å². The number of methoxy groups -OCH3 is 1. The molecule has 2 aromatic carbocycles. The van der Waals surface area contributed by atoms with Gasteiger partial charge < -0.3 is 19.1 Å². The number of ether oxygens (including phenoxy) is 3. The molecule has 1 aliphatic rings. The Hall–Kier alpha value is -3.09. The molecule has 0 bridgehead atoms. The van der Waals surface area contributed by atoms with E-state index < -0.39 is 23.9 Å². The fourth-order valence-corrected chi connectivity index (χ4v) is 3.41. The lowest BCUT2D eigenvalue weighted by molar-refractivity contribution is -0.151. The molecule has 1 heterocycles. The van der Waals surface area contributed by atoms with Gasteiger partial charge >= 0.3 is 5.97 Å². The number of carbonyl (C=O) groups excluding carboxylic acids is 2. The quantitative estimate of drug-likeness (QED) is 0.647. The van der Waals surface area contributed by atoms with Crippen molar-refractivity contribution in [3.8, 4) is 11.5 Å². The summed E-state index contributed by atoms with van der Waals surface area (Å²) in [6, 6.07) is 12.8. The van der Waals surface area contributed by atoms with Crippen LogP contribution in [0, 0.1) is 5.82 Å². The van der Waals surface area contributed by atoms with Crippen LogP contribution in [-0.4, -0.2) is 49.2 Å². The van der Waals surface area contributed by atoms with Gasteiger partial charge in [0.25, 0.3) is 5.91 Å². The Labute approximate surface area is 175 Å². The zero-order chi connectivity index (χ0) is 21.7. The van der Waals surface area contributed by atoms with Crippen LogP contribution >= 0.6 is 0 Å². The summed E-state index contributed by atoms with van der Waals surface area (Å²) in [5.74, 6) is -0.340. The van der Waals surface area contributed by atoms with Crippen LogP contribution in [0.15, 0.2) is 48.5 Å². The topological polar surface area (TPSA) is 65.1 Å². The molecule has 1 amide bonds. The molecular formula is C23H26FNO5. The smallest absolute Gasteiger partial charge is 0.328 e. The summed E-state index contributed by atoms with van der Waals surface area (Å²) in [4.78, 5) is 26.3. The van der Waals surface area contributed by atoms with Crippen molar-refractivity contribution in [2.75, 3.05) is 20.3 Å². The van der Waals surface area contributed by atoms with Gasteiger partial charge in [0.15, 0.2) is 18.2 Å². The van der Waals surface area contributed by atoms with E-state index in [1.165, 1.54) is 29.7 Å². The summed E-state index contributed by atoms with van der Waals surface area (Å²) in [5.41, 5.74) is 1.17. The highest BCUT2D eigenvalue weighted by Crippen LogP contribution is 2.26. The number of nitrogens with zero attached hydrogens (tertiary/aromatic N) is 1. The van der Waals surface area contributed by atoms with Crippen molar-refractivity contribution in [1.82, 2.24) is 4.90 Å². The van der Waals surface area contributed by atoms with Gasteiger partial charge in [-0.1, -0.05) is 38.1 Å². The summed E-state index contributed by atoms with van der Waals surface area (Å²) >= 11 is 0. The van der Waals surface area contributed by atoms with Crippen LogP contribution in [0.3, 0.4) is 0 Å². The fraction of sp³-hybridized carbons (Fsp3) is 0.391. The molecule has 0 N–H and O–H groups in total. The van der Waals surface area contributed by atoms with E-state index in [1.807, 2.05) is 24.3 Å². The highest BCUT2D eigenvalue weighted by atomic mass is 19.1. The molecule has 3 rings (SSSR count). The molecule has 1 fully saturated rings. The van der Waals surface area contributed by atoms with Gasteiger partial charge in [0.05, 0.1) is 13.7 Å². The predicted octanol–water partition coefficient (Wildman–Crippen LogP) is 3.55. The molecule has 2 unspecified atom stereocenters. The standard InChI is InChI=1S/C23H26FNO5/c1-15(2)16-8-10-17(11-9-16)29-14-22(26)25-13-18(12-20(25)23(27)28-3)30-21-7-5-4-6-19(21)24/h4-11,15,18,20H,12-14H2,1-3H3. The number of para-hydroxylation sites is 1. The second-order valence-electron chi connectivity index (χ2n) is 7.50. The molecule has 6 nitrogen and oxygen atoms in total. The molecule has 2 aromatic rings. The summed E-state index contributed by atoms with van der Waals surface area (Å²) < 4.78 is 30.0. The monoisotopic (exact) mass is 415 g/mol. The minimum absolute atomic E-state index is 0.0851. The third-order valence-electron chi connectivity index (χ3n) is 5.10. The van der Waals surface area contributed by atoms with Gasteiger partial charge in [-0.3, -0.25) is 4.79 Å². The number of esters is 1. The van der Waals surface area contributed by atoms with Crippen molar-refractivity contribution in [1.29, 1.82) is 0 Å². The van der Waals surface area contributed by atoms with E-state index >= 15 is 0 Å². The Bertz CT molecular complexity index is 883. The first-order valence-electron chi connectivity index (χ1n) is 9.90. The molecule has 7 heteroatoms. The largest absolute Gasteiger partial charge is 0.485 e. The zero-order valence-electron chi connectivity index (χ0n) is 17.3. The Morgan fingerprint density at radius 1 is 1.13 bits per heavy atom.